The topological polar surface area (TPSA) is 71.1 Å². The number of hydrogen-bond acceptors (Lipinski definition) is 6. The summed E-state index contributed by atoms with van der Waals surface area (Å²) < 4.78 is 21.2. The van der Waals surface area contributed by atoms with Gasteiger partial charge < -0.3 is 18.9 Å². The molecule has 0 saturated heterocycles. The molecule has 0 rings (SSSR count). The smallest absolute Gasteiger partial charge is 0.313 e. The molecule has 0 unspecified atom stereocenters. The van der Waals surface area contributed by atoms with Crippen LogP contribution in [0.1, 0.15) is 47.0 Å². The number of carbonyl (C=O) groups is 2. The molecule has 20 heavy (non-hydrogen) atoms. The van der Waals surface area contributed by atoms with Crippen molar-refractivity contribution in [2.45, 2.75) is 52.9 Å². The summed E-state index contributed by atoms with van der Waals surface area (Å²) in [5, 5.41) is 0. The molecule has 118 valence electrons. The quantitative estimate of drug-likeness (QED) is 0.311. The van der Waals surface area contributed by atoms with E-state index in [1.165, 1.54) is 0 Å². The fourth-order valence-electron chi connectivity index (χ4n) is 1.76. The van der Waals surface area contributed by atoms with Crippen LogP contribution in [0.2, 0.25) is 0 Å². The van der Waals surface area contributed by atoms with Crippen LogP contribution in [0.4, 0.5) is 0 Å². The normalized spacial score (nSPS) is 11.4. The lowest BCUT2D eigenvalue weighted by Gasteiger charge is -2.32. The summed E-state index contributed by atoms with van der Waals surface area (Å²) in [6, 6.07) is 0. The van der Waals surface area contributed by atoms with Gasteiger partial charge in [0.05, 0.1) is 6.61 Å². The summed E-state index contributed by atoms with van der Waals surface area (Å²) in [4.78, 5) is 22.9. The Morgan fingerprint density at radius 1 is 0.850 bits per heavy atom. The van der Waals surface area contributed by atoms with Crippen molar-refractivity contribution in [1.82, 2.24) is 0 Å². The number of ether oxygens (including phenoxy) is 4. The van der Waals surface area contributed by atoms with Gasteiger partial charge >= 0.3 is 5.97 Å². The second-order valence-electron chi connectivity index (χ2n) is 4.00. The summed E-state index contributed by atoms with van der Waals surface area (Å²) in [7, 11) is 0. The second kappa shape index (κ2) is 10.8. The molecule has 0 aromatic carbocycles. The van der Waals surface area contributed by atoms with E-state index in [2.05, 4.69) is 0 Å². The number of ketones is 1. The molecule has 0 aliphatic rings. The lowest BCUT2D eigenvalue weighted by Crippen LogP contribution is -2.40. The Balaban J connectivity index is 4.42. The van der Waals surface area contributed by atoms with Crippen LogP contribution in [0.3, 0.4) is 0 Å². The average Bonchev–Trinajstić information content (AvgIpc) is 2.37. The maximum Gasteiger partial charge on any atom is 0.313 e. The zero-order valence-corrected chi connectivity index (χ0v) is 12.9. The van der Waals surface area contributed by atoms with Gasteiger partial charge in [-0.05, 0) is 27.7 Å². The van der Waals surface area contributed by atoms with Crippen molar-refractivity contribution in [2.24, 2.45) is 0 Å². The largest absolute Gasteiger partial charge is 0.466 e. The lowest BCUT2D eigenvalue weighted by molar-refractivity contribution is -0.379. The molecule has 0 saturated carbocycles. The molecule has 0 bridgehead atoms. The Hall–Kier alpha value is -0.980. The molecule has 0 amide bonds. The maximum atomic E-state index is 11.7. The Kier molecular flexibility index (Phi) is 10.2. The molecule has 6 nitrogen and oxygen atoms in total. The van der Waals surface area contributed by atoms with Crippen LogP contribution in [-0.2, 0) is 28.5 Å². The minimum atomic E-state index is -1.21. The summed E-state index contributed by atoms with van der Waals surface area (Å²) in [5.41, 5.74) is 0. The van der Waals surface area contributed by atoms with Crippen LogP contribution in [0.5, 0.6) is 0 Å². The molecule has 0 aliphatic heterocycles. The maximum absolute atomic E-state index is 11.7. The van der Waals surface area contributed by atoms with Gasteiger partial charge in [0.1, 0.15) is 12.2 Å². The number of rotatable bonds is 12. The van der Waals surface area contributed by atoms with Crippen molar-refractivity contribution in [3.8, 4) is 0 Å². The molecule has 6 heteroatoms. The highest BCUT2D eigenvalue weighted by molar-refractivity contribution is 5.95. The van der Waals surface area contributed by atoms with Gasteiger partial charge in [-0.25, -0.2) is 0 Å². The molecule has 0 aromatic heterocycles. The average molecular weight is 290 g/mol. The molecule has 0 aromatic rings. The van der Waals surface area contributed by atoms with E-state index in [-0.39, 0.29) is 31.7 Å². The third kappa shape index (κ3) is 7.57. The van der Waals surface area contributed by atoms with Gasteiger partial charge in [-0.2, -0.15) is 0 Å². The van der Waals surface area contributed by atoms with Gasteiger partial charge in [0.15, 0.2) is 0 Å². The predicted octanol–water partition coefficient (Wildman–Crippen LogP) is 2.05. The van der Waals surface area contributed by atoms with Crippen LogP contribution < -0.4 is 0 Å². The third-order valence-electron chi connectivity index (χ3n) is 2.45. The van der Waals surface area contributed by atoms with Gasteiger partial charge in [0.2, 0.25) is 0 Å². The fourth-order valence-corrected chi connectivity index (χ4v) is 1.76. The molecule has 0 radical (unpaired) electrons. The molecular weight excluding hydrogens is 264 g/mol. The molecule has 0 spiro atoms. The van der Waals surface area contributed by atoms with Crippen molar-refractivity contribution in [1.29, 1.82) is 0 Å². The standard InChI is InChI=1S/C14H26O6/c1-5-17-13(16)11-12(15)9-10-14(18-6-2,19-7-3)20-8-4/h5-11H2,1-4H3. The first-order chi connectivity index (χ1) is 9.53. The van der Waals surface area contributed by atoms with E-state index in [1.807, 2.05) is 20.8 Å². The first-order valence-corrected chi connectivity index (χ1v) is 7.12. The Morgan fingerprint density at radius 2 is 1.35 bits per heavy atom. The molecule has 0 fully saturated rings. The van der Waals surface area contributed by atoms with Crippen LogP contribution in [0.15, 0.2) is 0 Å². The fraction of sp³-hybridized carbons (Fsp3) is 0.857. The zero-order valence-electron chi connectivity index (χ0n) is 12.9. The van der Waals surface area contributed by atoms with E-state index in [0.29, 0.717) is 19.8 Å². The highest BCUT2D eigenvalue weighted by Crippen LogP contribution is 2.22. The van der Waals surface area contributed by atoms with Gasteiger partial charge in [0.25, 0.3) is 5.97 Å². The number of Topliss-reactive ketones (excluding diaryl/α,β-unsaturated/α-hetero) is 1. The Bertz CT molecular complexity index is 272. The zero-order chi connectivity index (χ0) is 15.4. The molecule has 0 atom stereocenters. The minimum absolute atomic E-state index is 0.138. The van der Waals surface area contributed by atoms with Gasteiger partial charge in [0, 0.05) is 32.7 Å². The van der Waals surface area contributed by atoms with Gasteiger partial charge in [-0.15, -0.1) is 0 Å². The van der Waals surface area contributed by atoms with Crippen molar-refractivity contribution < 1.29 is 28.5 Å². The highest BCUT2D eigenvalue weighted by atomic mass is 16.9. The van der Waals surface area contributed by atoms with Gasteiger partial charge in [-0.1, -0.05) is 0 Å². The highest BCUT2D eigenvalue weighted by Gasteiger charge is 2.33. The van der Waals surface area contributed by atoms with Crippen LogP contribution >= 0.6 is 0 Å². The van der Waals surface area contributed by atoms with Crippen molar-refractivity contribution in [3.05, 3.63) is 0 Å². The first-order valence-electron chi connectivity index (χ1n) is 7.12. The van der Waals surface area contributed by atoms with Crippen LogP contribution in [0.25, 0.3) is 0 Å². The summed E-state index contributed by atoms with van der Waals surface area (Å²) in [6.45, 7) is 8.68. The monoisotopic (exact) mass is 290 g/mol. The molecule has 0 heterocycles. The van der Waals surface area contributed by atoms with Crippen molar-refractivity contribution in [2.75, 3.05) is 26.4 Å². The van der Waals surface area contributed by atoms with E-state index in [1.54, 1.807) is 6.92 Å². The molecule has 0 aliphatic carbocycles. The number of esters is 1. The first kappa shape index (κ1) is 19.0. The van der Waals surface area contributed by atoms with Crippen LogP contribution in [-0.4, -0.2) is 44.2 Å². The summed E-state index contributed by atoms with van der Waals surface area (Å²) >= 11 is 0. The second-order valence-corrected chi connectivity index (χ2v) is 4.00. The van der Waals surface area contributed by atoms with E-state index in [4.69, 9.17) is 18.9 Å². The number of hydrogen-bond donors (Lipinski definition) is 0. The third-order valence-corrected chi connectivity index (χ3v) is 2.45. The SMILES string of the molecule is CCOC(=O)CC(=O)CCC(OCC)(OCC)OCC. The van der Waals surface area contributed by atoms with Crippen molar-refractivity contribution >= 4 is 11.8 Å². The minimum Gasteiger partial charge on any atom is -0.466 e. The van der Waals surface area contributed by atoms with E-state index in [0.717, 1.165) is 0 Å². The van der Waals surface area contributed by atoms with E-state index in [9.17, 15) is 9.59 Å². The molecular formula is C14H26O6. The molecule has 0 N–H and O–H groups in total. The Morgan fingerprint density at radius 3 is 1.75 bits per heavy atom. The number of carbonyl (C=O) groups excluding carboxylic acids is 2. The summed E-state index contributed by atoms with van der Waals surface area (Å²) in [5.74, 6) is -1.93. The van der Waals surface area contributed by atoms with Crippen LogP contribution in [0, 0.1) is 0 Å². The lowest BCUT2D eigenvalue weighted by atomic mass is 10.1. The van der Waals surface area contributed by atoms with E-state index < -0.39 is 11.9 Å². The van der Waals surface area contributed by atoms with E-state index >= 15 is 0 Å². The van der Waals surface area contributed by atoms with Crippen molar-refractivity contribution in [3.63, 3.8) is 0 Å². The Labute approximate surface area is 120 Å². The predicted molar refractivity (Wildman–Crippen MR) is 73.1 cm³/mol. The van der Waals surface area contributed by atoms with Gasteiger partial charge in [-0.3, -0.25) is 9.59 Å². The summed E-state index contributed by atoms with van der Waals surface area (Å²) in [6.07, 6.45) is 0.161.